The first-order chi connectivity index (χ1) is 31.4. The Balaban J connectivity index is 1.59. The van der Waals surface area contributed by atoms with Crippen LogP contribution in [0.25, 0.3) is 0 Å². The molecule has 376 valence electrons. The summed E-state index contributed by atoms with van der Waals surface area (Å²) in [4.78, 5) is 49.9. The molecule has 0 spiro atoms. The van der Waals surface area contributed by atoms with Gasteiger partial charge in [0.2, 0.25) is 5.91 Å². The molecule has 16 atom stereocenters. The first-order valence-electron chi connectivity index (χ1n) is 21.5. The van der Waals surface area contributed by atoms with Crippen LogP contribution in [0.15, 0.2) is 18.2 Å². The van der Waals surface area contributed by atoms with Crippen LogP contribution in [-0.2, 0) is 47.5 Å². The summed E-state index contributed by atoms with van der Waals surface area (Å²) in [5.41, 5.74) is -0.0400. The minimum Gasteiger partial charge on any atom is -0.504 e. The van der Waals surface area contributed by atoms with Gasteiger partial charge < -0.3 is 105 Å². The van der Waals surface area contributed by atoms with Crippen molar-refractivity contribution < 1.29 is 113 Å². The first-order valence-corrected chi connectivity index (χ1v) is 21.5. The molecule has 3 aliphatic heterocycles. The number of aromatic hydroxyl groups is 1. The molecule has 0 aliphatic carbocycles. The van der Waals surface area contributed by atoms with E-state index < -0.39 is 142 Å². The highest BCUT2D eigenvalue weighted by molar-refractivity contribution is 5.95. The van der Waals surface area contributed by atoms with Crippen LogP contribution in [0.1, 0.15) is 68.6 Å². The summed E-state index contributed by atoms with van der Waals surface area (Å²) in [6, 6.07) is 0.586. The number of hydrogen-bond donors (Lipinski definition) is 13. The zero-order valence-electron chi connectivity index (χ0n) is 36.7. The van der Waals surface area contributed by atoms with E-state index in [1.165, 1.54) is 32.4 Å². The van der Waals surface area contributed by atoms with Gasteiger partial charge in [0.1, 0.15) is 67.1 Å². The Bertz CT molecular complexity index is 1730. The number of nitrogens with one attached hydrogen (secondary N) is 2. The molecular weight excluding hydrogens is 888 g/mol. The molecule has 0 saturated carbocycles. The molecule has 0 aromatic heterocycles. The Labute approximate surface area is 379 Å². The molecule has 2 amide bonds. The molecule has 25 nitrogen and oxygen atoms in total. The van der Waals surface area contributed by atoms with Crippen LogP contribution in [0.2, 0.25) is 0 Å². The molecule has 4 rings (SSSR count). The normalized spacial score (nSPS) is 33.3. The maximum atomic E-state index is 13.6. The highest BCUT2D eigenvalue weighted by atomic mass is 16.8. The number of carboxylic acid groups (broad SMARTS) is 1. The van der Waals surface area contributed by atoms with E-state index in [4.69, 9.17) is 33.2 Å². The van der Waals surface area contributed by atoms with Crippen LogP contribution in [0.5, 0.6) is 11.5 Å². The van der Waals surface area contributed by atoms with Crippen molar-refractivity contribution in [2.45, 2.75) is 156 Å². The van der Waals surface area contributed by atoms with Crippen LogP contribution in [-0.4, -0.2) is 218 Å². The van der Waals surface area contributed by atoms with Gasteiger partial charge in [0.15, 0.2) is 24.1 Å². The average Bonchev–Trinajstić information content (AvgIpc) is 3.29. The molecular formula is C41H64N2O23. The van der Waals surface area contributed by atoms with E-state index >= 15 is 0 Å². The number of aliphatic carboxylic acids is 1. The third-order valence-corrected chi connectivity index (χ3v) is 11.5. The second kappa shape index (κ2) is 25.5. The molecule has 1 aromatic rings. The van der Waals surface area contributed by atoms with E-state index in [-0.39, 0.29) is 29.6 Å². The molecule has 3 heterocycles. The number of hydrogen-bond acceptors (Lipinski definition) is 22. The van der Waals surface area contributed by atoms with E-state index in [0.29, 0.717) is 25.7 Å². The molecule has 1 aromatic carbocycles. The number of esters is 1. The molecule has 11 unspecified atom stereocenters. The summed E-state index contributed by atoms with van der Waals surface area (Å²) in [6.45, 7) is -1.88. The minimum absolute atomic E-state index is 0.0400. The number of phenols is 1. The number of aliphatic hydroxyl groups excluding tert-OH is 9. The Morgan fingerprint density at radius 1 is 0.833 bits per heavy atom. The Morgan fingerprint density at radius 2 is 1.48 bits per heavy atom. The maximum absolute atomic E-state index is 13.6. The van der Waals surface area contributed by atoms with Crippen LogP contribution < -0.4 is 15.4 Å². The third kappa shape index (κ3) is 13.6. The standard InChI is InChI=1S/C41H64N2O23/c1-19(47)42-28-22(49)15-41(40(57)58,65-35(28)30(52)23(50)16-44)66-36-31(53)25(17-45)62-39(33(36)55)64-34-26(18-46)63-38(61-13-9-7-5-4-6-8-10-27(51)60-3)29(32(34)54)43-37(56)20-11-12-21(48)24(14-20)59-2/h11-12,14,22-23,25-26,28-36,38-39,44-46,48-50,52-55H,4-10,13,15-18H2,1-3H3,(H,42,47)(H,43,56)(H,57,58)/t22?,23?,25?,26?,28-,29?,30?,31+,32?,33?,34-,35?,36?,38-,39?,41+/m1/s1. The van der Waals surface area contributed by atoms with Crippen molar-refractivity contribution in [2.24, 2.45) is 0 Å². The van der Waals surface area contributed by atoms with Gasteiger partial charge >= 0.3 is 11.9 Å². The number of unbranched alkanes of at least 4 members (excludes halogenated alkanes) is 5. The van der Waals surface area contributed by atoms with Gasteiger partial charge in [-0.15, -0.1) is 0 Å². The Kier molecular flexibility index (Phi) is 21.1. The fraction of sp³-hybridized carbons (Fsp3) is 0.756. The van der Waals surface area contributed by atoms with Gasteiger partial charge in [0.05, 0.1) is 46.2 Å². The van der Waals surface area contributed by atoms with Gasteiger partial charge in [0.25, 0.3) is 11.7 Å². The third-order valence-electron chi connectivity index (χ3n) is 11.5. The molecule has 3 fully saturated rings. The predicted octanol–water partition coefficient (Wildman–Crippen LogP) is -4.14. The van der Waals surface area contributed by atoms with Crippen molar-refractivity contribution in [1.29, 1.82) is 0 Å². The van der Waals surface area contributed by atoms with Crippen LogP contribution in [0, 0.1) is 0 Å². The lowest BCUT2D eigenvalue weighted by atomic mass is 9.88. The lowest BCUT2D eigenvalue weighted by Gasteiger charge is -2.51. The van der Waals surface area contributed by atoms with Crippen molar-refractivity contribution >= 4 is 23.8 Å². The summed E-state index contributed by atoms with van der Waals surface area (Å²) in [6.07, 6.45) is -21.4. The second-order valence-corrected chi connectivity index (χ2v) is 16.2. The van der Waals surface area contributed by atoms with Crippen molar-refractivity contribution in [3.8, 4) is 11.5 Å². The fourth-order valence-electron chi connectivity index (χ4n) is 7.89. The number of carboxylic acids is 1. The minimum atomic E-state index is -3.09. The molecule has 0 radical (unpaired) electrons. The highest BCUT2D eigenvalue weighted by Gasteiger charge is 2.60. The number of amides is 2. The lowest BCUT2D eigenvalue weighted by Crippen LogP contribution is -2.71. The van der Waals surface area contributed by atoms with Gasteiger partial charge in [-0.05, 0) is 31.0 Å². The van der Waals surface area contributed by atoms with Crippen molar-refractivity contribution in [2.75, 3.05) is 40.6 Å². The van der Waals surface area contributed by atoms with Crippen LogP contribution >= 0.6 is 0 Å². The molecule has 3 saturated heterocycles. The van der Waals surface area contributed by atoms with E-state index in [2.05, 4.69) is 15.4 Å². The van der Waals surface area contributed by atoms with E-state index in [0.717, 1.165) is 26.2 Å². The van der Waals surface area contributed by atoms with Gasteiger partial charge in [0, 0.05) is 31.9 Å². The molecule has 66 heavy (non-hydrogen) atoms. The molecule has 25 heteroatoms. The summed E-state index contributed by atoms with van der Waals surface area (Å²) in [5.74, 6) is -7.29. The lowest BCUT2D eigenvalue weighted by molar-refractivity contribution is -0.382. The zero-order chi connectivity index (χ0) is 48.9. The molecule has 13 N–H and O–H groups in total. The predicted molar refractivity (Wildman–Crippen MR) is 218 cm³/mol. The quantitative estimate of drug-likeness (QED) is 0.0346. The zero-order valence-corrected chi connectivity index (χ0v) is 36.7. The van der Waals surface area contributed by atoms with Crippen molar-refractivity contribution in [3.63, 3.8) is 0 Å². The Hall–Kier alpha value is -3.90. The average molecular weight is 953 g/mol. The monoisotopic (exact) mass is 952 g/mol. The van der Waals surface area contributed by atoms with E-state index in [1.54, 1.807) is 0 Å². The number of carbonyl (C=O) groups is 4. The van der Waals surface area contributed by atoms with Crippen molar-refractivity contribution in [3.05, 3.63) is 23.8 Å². The number of carbonyl (C=O) groups excluding carboxylic acids is 3. The SMILES string of the molecule is COC(=O)CCCCCCCCO[C@@H]1OC(CO)[C@@H](OC2OC(CO)[C@H](O)C(O[C@]3(C(=O)O)CC(O)[C@@H](NC(C)=O)C(C(O)C(O)CO)O3)C2O)C(O)C1NC(=O)c1ccc(O)c(OC)c1. The smallest absolute Gasteiger partial charge is 0.364 e. The fourth-order valence-corrected chi connectivity index (χ4v) is 7.89. The van der Waals surface area contributed by atoms with Crippen LogP contribution in [0.4, 0.5) is 0 Å². The maximum Gasteiger partial charge on any atom is 0.364 e. The second-order valence-electron chi connectivity index (χ2n) is 16.2. The van der Waals surface area contributed by atoms with Gasteiger partial charge in [-0.3, -0.25) is 14.4 Å². The summed E-state index contributed by atoms with van der Waals surface area (Å²) in [7, 11) is 2.58. The number of rotatable bonds is 24. The Morgan fingerprint density at radius 3 is 2.09 bits per heavy atom. The number of methoxy groups -OCH3 is 2. The molecule has 0 bridgehead atoms. The molecule has 3 aliphatic rings. The topological polar surface area (TPSA) is 389 Å². The number of aliphatic hydroxyl groups is 9. The summed E-state index contributed by atoms with van der Waals surface area (Å²) < 4.78 is 44.8. The number of phenolic OH excluding ortho intramolecular Hbond substituents is 1. The van der Waals surface area contributed by atoms with Gasteiger partial charge in [-0.2, -0.15) is 0 Å². The number of benzene rings is 1. The van der Waals surface area contributed by atoms with Gasteiger partial charge in [-0.25, -0.2) is 4.79 Å². The van der Waals surface area contributed by atoms with Crippen LogP contribution in [0.3, 0.4) is 0 Å². The summed E-state index contributed by atoms with van der Waals surface area (Å²) in [5, 5.41) is 123. The van der Waals surface area contributed by atoms with Crippen molar-refractivity contribution in [1.82, 2.24) is 10.6 Å². The first kappa shape index (κ1) is 54.7. The summed E-state index contributed by atoms with van der Waals surface area (Å²) >= 11 is 0. The largest absolute Gasteiger partial charge is 0.504 e. The van der Waals surface area contributed by atoms with E-state index in [9.17, 15) is 75.3 Å². The number of ether oxygens (including phenoxy) is 8. The highest BCUT2D eigenvalue weighted by Crippen LogP contribution is 2.38. The van der Waals surface area contributed by atoms with E-state index in [1.807, 2.05) is 0 Å². The van der Waals surface area contributed by atoms with Gasteiger partial charge in [-0.1, -0.05) is 25.7 Å².